The number of nitrogens with two attached hydrogens (primary N) is 4. The summed E-state index contributed by atoms with van der Waals surface area (Å²) in [5, 5.41) is 32.0. The van der Waals surface area contributed by atoms with E-state index in [0.717, 1.165) is 105 Å². The van der Waals surface area contributed by atoms with Crippen LogP contribution in [0, 0.1) is 38.2 Å². The van der Waals surface area contributed by atoms with E-state index in [1.807, 2.05) is 36.4 Å². The highest BCUT2D eigenvalue weighted by atomic mass is 19.1. The molecule has 3 aliphatic carbocycles. The minimum Gasteiger partial charge on any atom is -0.476 e. The molecule has 518 valence electrons. The zero-order valence-corrected chi connectivity index (χ0v) is 55.1. The van der Waals surface area contributed by atoms with Gasteiger partial charge in [0.15, 0.2) is 17.1 Å². The lowest BCUT2D eigenvalue weighted by Gasteiger charge is -2.10. The maximum absolute atomic E-state index is 13.5. The van der Waals surface area contributed by atoms with Crippen LogP contribution in [0.2, 0.25) is 0 Å². The molecule has 99 heavy (non-hydrogen) atoms. The lowest BCUT2D eigenvalue weighted by Crippen LogP contribution is -2.23. The van der Waals surface area contributed by atoms with E-state index < -0.39 is 35.3 Å². The van der Waals surface area contributed by atoms with Gasteiger partial charge in [0.25, 0.3) is 23.6 Å². The normalized spacial score (nSPS) is 13.7. The molecule has 0 radical (unpaired) electrons. The Kier molecular flexibility index (Phi) is 23.6. The van der Waals surface area contributed by atoms with Crippen LogP contribution in [0.4, 0.5) is 30.2 Å². The van der Waals surface area contributed by atoms with Crippen molar-refractivity contribution in [3.05, 3.63) is 229 Å². The number of nitrogens with zero attached hydrogens (tertiary/aromatic N) is 6. The second-order valence-corrected chi connectivity index (χ2v) is 24.9. The third-order valence-electron chi connectivity index (χ3n) is 18.2. The number of hydrogen-bond donors (Lipinski definition) is 8. The molecule has 0 atom stereocenters. The van der Waals surface area contributed by atoms with Gasteiger partial charge in [-0.05, 0) is 172 Å². The van der Waals surface area contributed by atoms with Gasteiger partial charge in [-0.1, -0.05) is 101 Å². The van der Waals surface area contributed by atoms with Crippen molar-refractivity contribution in [3.8, 4) is 17.1 Å². The topological polar surface area (TPSA) is 326 Å². The minimum atomic E-state index is -1.12. The van der Waals surface area contributed by atoms with Crippen LogP contribution in [0.5, 0.6) is 0 Å². The standard InChI is InChI=1S/C26H29FN4O3.C24H26FN5O2.C24H25FN4O3.CH4/c1-3-34-26(33)24-22(28)23(18-6-4-5-7-18)30-31(24)20-12-9-17(10-13-20)15-29-25(32)21-14-19(27)11-8-16(21)2;1-14-6-9-17(25)12-19(14)24(32)28-13-15-7-10-18(11-8-15)30-22(23(27)31)20(26)21(29-30)16-4-2-3-5-16;1-14-6-9-17(25)12-19(14)23(30)27-13-15-7-10-18(11-8-15)29-22(24(31)32)20(26)21(28-29)16-4-2-3-5-16;/h8-14,18H,3-7,15,28H2,1-2H3,(H,29,32);6-12,16H,2-5,13,26H2,1H3,(H2,27,31)(H,28,32);6-12,16H,2-5,13,26H2,1H3,(H,27,30)(H,31,32);1H4. The van der Waals surface area contributed by atoms with Crippen LogP contribution in [-0.4, -0.2) is 76.6 Å². The summed E-state index contributed by atoms with van der Waals surface area (Å²) in [7, 11) is 0. The molecule has 0 saturated heterocycles. The Bertz CT molecular complexity index is 4230. The number of nitrogens with one attached hydrogen (secondary N) is 3. The number of halogens is 3. The van der Waals surface area contributed by atoms with Crippen molar-refractivity contribution in [2.45, 2.75) is 150 Å². The zero-order chi connectivity index (χ0) is 69.9. The molecule has 0 spiro atoms. The molecule has 6 aromatic carbocycles. The first-order valence-electron chi connectivity index (χ1n) is 32.8. The van der Waals surface area contributed by atoms with Crippen molar-refractivity contribution in [2.24, 2.45) is 5.73 Å². The summed E-state index contributed by atoms with van der Waals surface area (Å²) in [5.41, 5.74) is 35.3. The number of carboxylic acids is 1. The average molecular weight is 1350 g/mol. The quantitative estimate of drug-likeness (QED) is 0.0349. The summed E-state index contributed by atoms with van der Waals surface area (Å²) in [6, 6.07) is 34.0. The Labute approximate surface area is 572 Å². The van der Waals surface area contributed by atoms with Crippen molar-refractivity contribution in [2.75, 3.05) is 23.8 Å². The summed E-state index contributed by atoms with van der Waals surface area (Å²) < 4.78 is 50.1. The summed E-state index contributed by atoms with van der Waals surface area (Å²) in [4.78, 5) is 73.9. The minimum absolute atomic E-state index is 0. The number of carbonyl (C=O) groups is 6. The number of aromatic nitrogens is 6. The van der Waals surface area contributed by atoms with Gasteiger partial charge in [-0.15, -0.1) is 0 Å². The van der Waals surface area contributed by atoms with Crippen molar-refractivity contribution in [1.82, 2.24) is 45.3 Å². The van der Waals surface area contributed by atoms with E-state index in [2.05, 4.69) is 26.1 Å². The average Bonchev–Trinajstić information content (AvgIpc) is 1.65. The molecule has 0 bridgehead atoms. The summed E-state index contributed by atoms with van der Waals surface area (Å²) >= 11 is 0. The fraction of sp³-hybridized carbons (Fsp3) is 0.320. The molecular weight excluding hydrogens is 1270 g/mol. The number of nitrogen functional groups attached to an aromatic ring is 3. The number of amides is 4. The van der Waals surface area contributed by atoms with E-state index in [1.165, 1.54) is 45.8 Å². The Morgan fingerprint density at radius 1 is 0.465 bits per heavy atom. The first-order valence-corrected chi connectivity index (χ1v) is 32.8. The van der Waals surface area contributed by atoms with E-state index in [0.29, 0.717) is 67.5 Å². The van der Waals surface area contributed by atoms with Gasteiger partial charge in [0.2, 0.25) is 0 Å². The lowest BCUT2D eigenvalue weighted by atomic mass is 10.0. The number of hydrogen-bond acceptors (Lipinski definition) is 13. The van der Waals surface area contributed by atoms with Gasteiger partial charge in [0.1, 0.15) is 17.5 Å². The predicted octanol–water partition coefficient (Wildman–Crippen LogP) is 13.1. The molecule has 24 heteroatoms. The summed E-state index contributed by atoms with van der Waals surface area (Å²) in [6.07, 6.45) is 12.6. The number of benzene rings is 6. The number of rotatable bonds is 19. The maximum Gasteiger partial charge on any atom is 0.359 e. The van der Waals surface area contributed by atoms with Crippen molar-refractivity contribution in [1.29, 1.82) is 0 Å². The van der Waals surface area contributed by atoms with E-state index in [-0.39, 0.29) is 91.9 Å². The highest BCUT2D eigenvalue weighted by Crippen LogP contribution is 2.41. The maximum atomic E-state index is 13.5. The van der Waals surface area contributed by atoms with Gasteiger partial charge in [-0.3, -0.25) is 19.2 Å². The molecule has 3 aromatic heterocycles. The molecule has 3 aliphatic rings. The highest BCUT2D eigenvalue weighted by Gasteiger charge is 2.32. The van der Waals surface area contributed by atoms with Gasteiger partial charge >= 0.3 is 11.9 Å². The van der Waals surface area contributed by atoms with Crippen LogP contribution in [0.1, 0.15) is 222 Å². The molecule has 3 fully saturated rings. The second kappa shape index (κ2) is 32.3. The smallest absolute Gasteiger partial charge is 0.359 e. The number of aromatic carboxylic acids is 1. The number of esters is 1. The van der Waals surface area contributed by atoms with Crippen LogP contribution in [0.25, 0.3) is 17.1 Å². The molecule has 3 heterocycles. The number of primary amides is 1. The number of aryl methyl sites for hydroxylation is 3. The SMILES string of the molecule is C.CCOC(=O)c1c(N)c(C2CCCC2)nn1-c1ccc(CNC(=O)c2cc(F)ccc2C)cc1.Cc1ccc(F)cc1C(=O)NCc1ccc(-n2nc(C3CCCC3)c(N)c2C(=O)O)cc1.Cc1ccc(F)cc1C(=O)NCc1ccc(-n2nc(C3CCCC3)c(N)c2C(N)=O)cc1. The van der Waals surface area contributed by atoms with Gasteiger partial charge in [0, 0.05) is 54.1 Å². The van der Waals surface area contributed by atoms with Gasteiger partial charge in [-0.2, -0.15) is 15.3 Å². The van der Waals surface area contributed by atoms with Crippen LogP contribution in [-0.2, 0) is 24.4 Å². The van der Waals surface area contributed by atoms with Crippen molar-refractivity contribution < 1.29 is 51.8 Å². The molecule has 21 nitrogen and oxygen atoms in total. The van der Waals surface area contributed by atoms with Gasteiger partial charge < -0.3 is 48.7 Å². The monoisotopic (exact) mass is 1350 g/mol. The number of carboxylic acid groups (broad SMARTS) is 1. The molecular formula is C75H84F3N13O8. The van der Waals surface area contributed by atoms with Crippen molar-refractivity contribution >= 4 is 52.6 Å². The highest BCUT2D eigenvalue weighted by molar-refractivity contribution is 5.99. The Hall–Kier alpha value is -11.0. The van der Waals surface area contributed by atoms with E-state index in [9.17, 15) is 47.0 Å². The zero-order valence-electron chi connectivity index (χ0n) is 55.1. The molecule has 9 aromatic rings. The third-order valence-corrected chi connectivity index (χ3v) is 18.2. The van der Waals surface area contributed by atoms with Crippen LogP contribution in [0.15, 0.2) is 127 Å². The van der Waals surface area contributed by atoms with Crippen molar-refractivity contribution in [3.63, 3.8) is 0 Å². The van der Waals surface area contributed by atoms with Crippen LogP contribution in [0.3, 0.4) is 0 Å². The van der Waals surface area contributed by atoms with Gasteiger partial charge in [0.05, 0.1) is 57.8 Å². The molecule has 3 saturated carbocycles. The summed E-state index contributed by atoms with van der Waals surface area (Å²) in [5.74, 6) is -3.98. The number of ether oxygens (including phenoxy) is 1. The third kappa shape index (κ3) is 16.9. The fourth-order valence-electron chi connectivity index (χ4n) is 12.9. The Morgan fingerprint density at radius 2 is 0.747 bits per heavy atom. The Morgan fingerprint density at radius 3 is 1.04 bits per heavy atom. The Balaban J connectivity index is 0.000000173. The lowest BCUT2D eigenvalue weighted by molar-refractivity contribution is 0.0515. The predicted molar refractivity (Wildman–Crippen MR) is 373 cm³/mol. The fourth-order valence-corrected chi connectivity index (χ4v) is 12.9. The molecule has 0 unspecified atom stereocenters. The summed E-state index contributed by atoms with van der Waals surface area (Å²) in [6.45, 7) is 8.05. The number of carbonyl (C=O) groups excluding carboxylic acids is 5. The first kappa shape index (κ1) is 72.2. The van der Waals surface area contributed by atoms with Gasteiger partial charge in [-0.25, -0.2) is 36.8 Å². The van der Waals surface area contributed by atoms with E-state index >= 15 is 0 Å². The molecule has 4 amide bonds. The van der Waals surface area contributed by atoms with E-state index in [4.69, 9.17) is 32.8 Å². The first-order chi connectivity index (χ1) is 47.1. The molecule has 0 aliphatic heterocycles. The largest absolute Gasteiger partial charge is 0.476 e. The van der Waals surface area contributed by atoms with E-state index in [1.54, 1.807) is 87.0 Å². The van der Waals surface area contributed by atoms with Crippen LogP contribution >= 0.6 is 0 Å². The number of anilines is 3. The second-order valence-electron chi connectivity index (χ2n) is 24.9. The molecule has 12 N–H and O–H groups in total. The van der Waals surface area contributed by atoms with Crippen LogP contribution < -0.4 is 38.9 Å². The molecule has 12 rings (SSSR count).